The molecule has 25 heavy (non-hydrogen) atoms. The molecular formula is C19H17FN2O3. The van der Waals surface area contributed by atoms with E-state index in [1.165, 1.54) is 6.20 Å². The van der Waals surface area contributed by atoms with Gasteiger partial charge in [0.15, 0.2) is 0 Å². The number of para-hydroxylation sites is 1. The van der Waals surface area contributed by atoms with Crippen molar-refractivity contribution in [3.8, 4) is 5.75 Å². The number of ether oxygens (including phenoxy) is 1. The van der Waals surface area contributed by atoms with Gasteiger partial charge in [-0.1, -0.05) is 24.3 Å². The third kappa shape index (κ3) is 3.85. The molecule has 5 nitrogen and oxygen atoms in total. The Morgan fingerprint density at radius 1 is 1.12 bits per heavy atom. The van der Waals surface area contributed by atoms with Gasteiger partial charge in [-0.15, -0.1) is 0 Å². The van der Waals surface area contributed by atoms with Gasteiger partial charge in [-0.25, -0.2) is 4.39 Å². The van der Waals surface area contributed by atoms with Gasteiger partial charge < -0.3 is 15.0 Å². The number of carbonyl (C=O) groups is 1. The number of halogens is 1. The number of pyridine rings is 1. The molecule has 0 unspecified atom stereocenters. The Morgan fingerprint density at radius 3 is 2.64 bits per heavy atom. The number of hydrogen-bond donors (Lipinski definition) is 2. The maximum Gasteiger partial charge on any atom is 0.257 e. The molecule has 3 aromatic rings. The van der Waals surface area contributed by atoms with Crippen molar-refractivity contribution < 1.29 is 13.9 Å². The van der Waals surface area contributed by atoms with Gasteiger partial charge in [-0.05, 0) is 29.8 Å². The number of fused-ring (bicyclic) bond motifs is 1. The highest BCUT2D eigenvalue weighted by molar-refractivity contribution is 5.97. The first-order valence-corrected chi connectivity index (χ1v) is 7.85. The summed E-state index contributed by atoms with van der Waals surface area (Å²) in [6.45, 7) is -0.257. The average Bonchev–Trinajstić information content (AvgIpc) is 2.66. The van der Waals surface area contributed by atoms with E-state index in [1.54, 1.807) is 42.5 Å². The van der Waals surface area contributed by atoms with Crippen LogP contribution in [-0.2, 0) is 6.54 Å². The van der Waals surface area contributed by atoms with Crippen LogP contribution in [-0.4, -0.2) is 24.2 Å². The molecule has 1 aromatic heterocycles. The van der Waals surface area contributed by atoms with E-state index in [2.05, 4.69) is 10.3 Å². The molecule has 0 spiro atoms. The molecule has 0 radical (unpaired) electrons. The van der Waals surface area contributed by atoms with E-state index in [9.17, 15) is 14.0 Å². The van der Waals surface area contributed by atoms with Gasteiger partial charge in [0, 0.05) is 23.6 Å². The Morgan fingerprint density at radius 2 is 1.88 bits per heavy atom. The van der Waals surface area contributed by atoms with Crippen LogP contribution in [0.25, 0.3) is 10.9 Å². The van der Waals surface area contributed by atoms with Gasteiger partial charge in [0.1, 0.15) is 24.6 Å². The Labute approximate surface area is 143 Å². The molecule has 1 amide bonds. The number of aromatic amines is 1. The molecule has 0 aliphatic carbocycles. The summed E-state index contributed by atoms with van der Waals surface area (Å²) in [5.41, 5.74) is 1.30. The summed E-state index contributed by atoms with van der Waals surface area (Å²) in [6, 6.07) is 14.0. The van der Waals surface area contributed by atoms with Gasteiger partial charge in [0.2, 0.25) is 5.43 Å². The fourth-order valence-corrected chi connectivity index (χ4v) is 2.47. The zero-order chi connectivity index (χ0) is 17.6. The van der Waals surface area contributed by atoms with Gasteiger partial charge in [0.05, 0.1) is 0 Å². The normalized spacial score (nSPS) is 10.6. The zero-order valence-electron chi connectivity index (χ0n) is 13.4. The number of aromatic nitrogens is 1. The maximum atomic E-state index is 12.4. The summed E-state index contributed by atoms with van der Waals surface area (Å²) >= 11 is 0. The molecule has 1 heterocycles. The Balaban J connectivity index is 1.68. The molecule has 2 aromatic carbocycles. The molecule has 0 aliphatic rings. The predicted octanol–water partition coefficient (Wildman–Crippen LogP) is 2.81. The lowest BCUT2D eigenvalue weighted by molar-refractivity contribution is 0.0949. The van der Waals surface area contributed by atoms with Crippen LogP contribution in [0.3, 0.4) is 0 Å². The van der Waals surface area contributed by atoms with Crippen LogP contribution in [0.5, 0.6) is 5.75 Å². The maximum absolute atomic E-state index is 12.4. The first kappa shape index (κ1) is 16.7. The molecule has 0 saturated heterocycles. The average molecular weight is 340 g/mol. The molecule has 0 aliphatic heterocycles. The van der Waals surface area contributed by atoms with Crippen molar-refractivity contribution in [1.29, 1.82) is 0 Å². The summed E-state index contributed by atoms with van der Waals surface area (Å²) in [5, 5.41) is 3.20. The highest BCUT2D eigenvalue weighted by atomic mass is 19.1. The Hall–Kier alpha value is -3.15. The first-order chi connectivity index (χ1) is 12.2. The predicted molar refractivity (Wildman–Crippen MR) is 93.7 cm³/mol. The van der Waals surface area contributed by atoms with Crippen LogP contribution in [0.4, 0.5) is 4.39 Å². The van der Waals surface area contributed by atoms with Crippen LogP contribution in [0.15, 0.2) is 59.5 Å². The number of benzene rings is 2. The lowest BCUT2D eigenvalue weighted by Gasteiger charge is -2.08. The van der Waals surface area contributed by atoms with Crippen molar-refractivity contribution in [2.24, 2.45) is 0 Å². The smallest absolute Gasteiger partial charge is 0.257 e. The summed E-state index contributed by atoms with van der Waals surface area (Å²) in [7, 11) is 0. The van der Waals surface area contributed by atoms with E-state index in [1.807, 2.05) is 6.07 Å². The van der Waals surface area contributed by atoms with Gasteiger partial charge in [0.25, 0.3) is 5.91 Å². The number of hydrogen-bond acceptors (Lipinski definition) is 3. The summed E-state index contributed by atoms with van der Waals surface area (Å²) in [4.78, 5) is 27.6. The number of rotatable bonds is 6. The van der Waals surface area contributed by atoms with E-state index in [4.69, 9.17) is 4.74 Å². The summed E-state index contributed by atoms with van der Waals surface area (Å²) in [6.07, 6.45) is 1.42. The fraction of sp³-hybridized carbons (Fsp3) is 0.158. The first-order valence-electron chi connectivity index (χ1n) is 7.85. The van der Waals surface area contributed by atoms with Gasteiger partial charge in [-0.3, -0.25) is 9.59 Å². The highest BCUT2D eigenvalue weighted by Crippen LogP contribution is 2.12. The molecule has 0 fully saturated rings. The van der Waals surface area contributed by atoms with Crippen LogP contribution >= 0.6 is 0 Å². The van der Waals surface area contributed by atoms with E-state index in [0.717, 1.165) is 5.56 Å². The van der Waals surface area contributed by atoms with Crippen molar-refractivity contribution >= 4 is 16.8 Å². The second kappa shape index (κ2) is 7.61. The van der Waals surface area contributed by atoms with Gasteiger partial charge in [-0.2, -0.15) is 0 Å². The minimum absolute atomic E-state index is 0.0147. The van der Waals surface area contributed by atoms with E-state index < -0.39 is 12.6 Å². The number of alkyl halides is 1. The molecule has 3 rings (SSSR count). The summed E-state index contributed by atoms with van der Waals surface area (Å²) in [5.74, 6) is 0.128. The number of amides is 1. The third-order valence-electron chi connectivity index (χ3n) is 3.76. The second-order valence-electron chi connectivity index (χ2n) is 5.44. The lowest BCUT2D eigenvalue weighted by atomic mass is 10.1. The van der Waals surface area contributed by atoms with Gasteiger partial charge >= 0.3 is 0 Å². The molecular weight excluding hydrogens is 323 g/mol. The topological polar surface area (TPSA) is 71.2 Å². The molecule has 0 bridgehead atoms. The standard InChI is InChI=1S/C19H17FN2O3/c20-9-10-25-14-7-5-13(6-8-14)11-22-19(24)16-12-21-17-4-2-1-3-15(17)18(16)23/h1-8,12H,9-11H2,(H,21,23)(H,22,24). The third-order valence-corrected chi connectivity index (χ3v) is 3.76. The largest absolute Gasteiger partial charge is 0.491 e. The van der Waals surface area contributed by atoms with E-state index >= 15 is 0 Å². The minimum atomic E-state index is -0.544. The number of carbonyl (C=O) groups excluding carboxylic acids is 1. The Kier molecular flexibility index (Phi) is 5.09. The van der Waals surface area contributed by atoms with Crippen molar-refractivity contribution in [3.63, 3.8) is 0 Å². The molecule has 128 valence electrons. The minimum Gasteiger partial charge on any atom is -0.491 e. The monoisotopic (exact) mass is 340 g/mol. The van der Waals surface area contributed by atoms with E-state index in [-0.39, 0.29) is 24.1 Å². The summed E-state index contributed by atoms with van der Waals surface area (Å²) < 4.78 is 17.2. The quantitative estimate of drug-likeness (QED) is 0.725. The van der Waals surface area contributed by atoms with Crippen LogP contribution in [0, 0.1) is 0 Å². The van der Waals surface area contributed by atoms with E-state index in [0.29, 0.717) is 16.7 Å². The van der Waals surface area contributed by atoms with Crippen LogP contribution in [0.2, 0.25) is 0 Å². The van der Waals surface area contributed by atoms with Crippen LogP contribution in [0.1, 0.15) is 15.9 Å². The van der Waals surface area contributed by atoms with Crippen LogP contribution < -0.4 is 15.5 Å². The molecule has 0 saturated carbocycles. The highest BCUT2D eigenvalue weighted by Gasteiger charge is 2.12. The SMILES string of the molecule is O=C(NCc1ccc(OCCF)cc1)c1c[nH]c2ccccc2c1=O. The zero-order valence-corrected chi connectivity index (χ0v) is 13.4. The molecule has 0 atom stereocenters. The van der Waals surface area contributed by atoms with Crippen molar-refractivity contribution in [2.75, 3.05) is 13.3 Å². The van der Waals surface area contributed by atoms with Crippen molar-refractivity contribution in [2.45, 2.75) is 6.54 Å². The number of H-pyrrole nitrogens is 1. The fourth-order valence-electron chi connectivity index (χ4n) is 2.47. The number of nitrogens with one attached hydrogen (secondary N) is 2. The molecule has 6 heteroatoms. The lowest BCUT2D eigenvalue weighted by Crippen LogP contribution is -2.28. The van der Waals surface area contributed by atoms with Crippen molar-refractivity contribution in [1.82, 2.24) is 10.3 Å². The second-order valence-corrected chi connectivity index (χ2v) is 5.44. The Bertz CT molecular complexity index is 935. The van der Waals surface area contributed by atoms with Crippen molar-refractivity contribution in [3.05, 3.63) is 76.1 Å². The molecule has 2 N–H and O–H groups in total.